The summed E-state index contributed by atoms with van der Waals surface area (Å²) in [6.45, 7) is 3.32. The number of hydrogen-bond donors (Lipinski definition) is 2. The molecule has 9 nitrogen and oxygen atoms in total. The lowest BCUT2D eigenvalue weighted by Crippen LogP contribution is -2.41. The van der Waals surface area contributed by atoms with Gasteiger partial charge in [-0.3, -0.25) is 4.79 Å². The number of ether oxygens (including phenoxy) is 1. The fourth-order valence-corrected chi connectivity index (χ4v) is 4.15. The Bertz CT molecular complexity index is 833. The van der Waals surface area contributed by atoms with Crippen molar-refractivity contribution >= 4 is 27.6 Å². The summed E-state index contributed by atoms with van der Waals surface area (Å²) in [6, 6.07) is 4.11. The molecule has 0 atom stereocenters. The third kappa shape index (κ3) is 6.07. The lowest BCUT2D eigenvalue weighted by Gasteiger charge is -2.32. The molecule has 29 heavy (non-hydrogen) atoms. The minimum atomic E-state index is -3.64. The Balaban J connectivity index is 2.09. The first-order valence-corrected chi connectivity index (χ1v) is 11.1. The molecule has 2 rings (SSSR count). The molecule has 0 aliphatic carbocycles. The standard InChI is InChI=1S/C19H30N4O5S/c1-4-28-17-7-6-15(29(26,27)22(2)3)13-16(17)21-19(25)23-11-9-14(10-12-23)5-8-18(20)24/h6-7,13-14H,4-5,8-12H2,1-3H3,(H2,20,24)(H,21,25). The van der Waals surface area contributed by atoms with Crippen LogP contribution in [-0.2, 0) is 14.8 Å². The highest BCUT2D eigenvalue weighted by molar-refractivity contribution is 7.89. The van der Waals surface area contributed by atoms with Crippen LogP contribution < -0.4 is 15.8 Å². The summed E-state index contributed by atoms with van der Waals surface area (Å²) in [5.74, 6) is 0.482. The number of rotatable bonds is 8. The number of hydrogen-bond acceptors (Lipinski definition) is 5. The lowest BCUT2D eigenvalue weighted by atomic mass is 9.92. The summed E-state index contributed by atoms with van der Waals surface area (Å²) < 4.78 is 31.5. The van der Waals surface area contributed by atoms with E-state index in [-0.39, 0.29) is 16.8 Å². The topological polar surface area (TPSA) is 122 Å². The van der Waals surface area contributed by atoms with Gasteiger partial charge >= 0.3 is 6.03 Å². The maximum atomic E-state index is 12.7. The molecule has 1 aliphatic rings. The Labute approximate surface area is 172 Å². The summed E-state index contributed by atoms with van der Waals surface area (Å²) in [6.07, 6.45) is 2.70. The molecule has 162 valence electrons. The molecule has 3 amide bonds. The van der Waals surface area contributed by atoms with E-state index in [1.807, 2.05) is 6.92 Å². The third-order valence-corrected chi connectivity index (χ3v) is 6.78. The number of carbonyl (C=O) groups is 2. The second kappa shape index (κ2) is 9.93. The van der Waals surface area contributed by atoms with E-state index in [4.69, 9.17) is 10.5 Å². The van der Waals surface area contributed by atoms with Crippen LogP contribution in [0.15, 0.2) is 23.1 Å². The van der Waals surface area contributed by atoms with E-state index < -0.39 is 10.0 Å². The van der Waals surface area contributed by atoms with Crippen molar-refractivity contribution in [1.82, 2.24) is 9.21 Å². The first-order chi connectivity index (χ1) is 13.6. The fourth-order valence-electron chi connectivity index (χ4n) is 3.22. The number of nitrogens with one attached hydrogen (secondary N) is 1. The molecule has 0 spiro atoms. The van der Waals surface area contributed by atoms with Gasteiger partial charge in [-0.2, -0.15) is 0 Å². The van der Waals surface area contributed by atoms with Crippen LogP contribution in [0, 0.1) is 5.92 Å². The second-order valence-electron chi connectivity index (χ2n) is 7.24. The van der Waals surface area contributed by atoms with E-state index in [0.29, 0.717) is 43.5 Å². The molecule has 10 heteroatoms. The van der Waals surface area contributed by atoms with Gasteiger partial charge in [-0.25, -0.2) is 17.5 Å². The van der Waals surface area contributed by atoms with Crippen molar-refractivity contribution in [3.05, 3.63) is 18.2 Å². The van der Waals surface area contributed by atoms with E-state index in [2.05, 4.69) is 5.32 Å². The highest BCUT2D eigenvalue weighted by Crippen LogP contribution is 2.30. The number of nitrogens with two attached hydrogens (primary N) is 1. The van der Waals surface area contributed by atoms with Crippen molar-refractivity contribution in [3.63, 3.8) is 0 Å². The van der Waals surface area contributed by atoms with Gasteiger partial charge in [0.25, 0.3) is 0 Å². The number of anilines is 1. The monoisotopic (exact) mass is 426 g/mol. The Morgan fingerprint density at radius 2 is 1.93 bits per heavy atom. The Morgan fingerprint density at radius 3 is 2.48 bits per heavy atom. The van der Waals surface area contributed by atoms with Crippen molar-refractivity contribution in [3.8, 4) is 5.75 Å². The van der Waals surface area contributed by atoms with Crippen molar-refractivity contribution in [2.45, 2.75) is 37.5 Å². The van der Waals surface area contributed by atoms with Crippen LogP contribution in [0.1, 0.15) is 32.6 Å². The van der Waals surface area contributed by atoms with Gasteiger partial charge in [-0.15, -0.1) is 0 Å². The van der Waals surface area contributed by atoms with Crippen LogP contribution in [0.2, 0.25) is 0 Å². The molecule has 1 fully saturated rings. The Kier molecular flexibility index (Phi) is 7.86. The van der Waals surface area contributed by atoms with Crippen LogP contribution in [0.3, 0.4) is 0 Å². The average Bonchev–Trinajstić information content (AvgIpc) is 2.68. The van der Waals surface area contributed by atoms with Crippen LogP contribution in [0.4, 0.5) is 10.5 Å². The smallest absolute Gasteiger partial charge is 0.321 e. The lowest BCUT2D eigenvalue weighted by molar-refractivity contribution is -0.118. The van der Waals surface area contributed by atoms with E-state index >= 15 is 0 Å². The van der Waals surface area contributed by atoms with Crippen LogP contribution in [-0.4, -0.2) is 63.4 Å². The van der Waals surface area contributed by atoms with Gasteiger partial charge in [0.1, 0.15) is 5.75 Å². The number of piperidine rings is 1. The predicted octanol–water partition coefficient (Wildman–Crippen LogP) is 1.84. The minimum absolute atomic E-state index is 0.0754. The van der Waals surface area contributed by atoms with Crippen LogP contribution in [0.25, 0.3) is 0 Å². The first-order valence-electron chi connectivity index (χ1n) is 9.68. The molecule has 1 saturated heterocycles. The zero-order valence-electron chi connectivity index (χ0n) is 17.2. The normalized spacial score (nSPS) is 15.4. The highest BCUT2D eigenvalue weighted by atomic mass is 32.2. The summed E-state index contributed by atoms with van der Waals surface area (Å²) in [4.78, 5) is 25.4. The van der Waals surface area contributed by atoms with Gasteiger partial charge in [0, 0.05) is 33.6 Å². The van der Waals surface area contributed by atoms with E-state index in [1.54, 1.807) is 11.0 Å². The number of sulfonamides is 1. The van der Waals surface area contributed by atoms with Gasteiger partial charge in [0.2, 0.25) is 15.9 Å². The number of amides is 3. The molecule has 1 heterocycles. The second-order valence-corrected chi connectivity index (χ2v) is 9.40. The predicted molar refractivity (Wildman–Crippen MR) is 110 cm³/mol. The van der Waals surface area contributed by atoms with Crippen molar-refractivity contribution < 1.29 is 22.7 Å². The van der Waals surface area contributed by atoms with Crippen molar-refractivity contribution in [2.75, 3.05) is 39.1 Å². The number of carbonyl (C=O) groups excluding carboxylic acids is 2. The minimum Gasteiger partial charge on any atom is -0.492 e. The maximum Gasteiger partial charge on any atom is 0.321 e. The first kappa shape index (κ1) is 23.0. The van der Waals surface area contributed by atoms with E-state index in [0.717, 1.165) is 23.6 Å². The number of benzene rings is 1. The number of urea groups is 1. The maximum absolute atomic E-state index is 12.7. The average molecular weight is 427 g/mol. The molecular weight excluding hydrogens is 396 g/mol. The molecule has 0 bridgehead atoms. The van der Waals surface area contributed by atoms with Gasteiger partial charge in [-0.1, -0.05) is 0 Å². The van der Waals surface area contributed by atoms with Crippen LogP contribution >= 0.6 is 0 Å². The summed E-state index contributed by atoms with van der Waals surface area (Å²) in [7, 11) is -0.736. The molecule has 0 saturated carbocycles. The van der Waals surface area contributed by atoms with E-state index in [9.17, 15) is 18.0 Å². The SMILES string of the molecule is CCOc1ccc(S(=O)(=O)N(C)C)cc1NC(=O)N1CCC(CCC(N)=O)CC1. The molecule has 1 aliphatic heterocycles. The van der Waals surface area contributed by atoms with Crippen molar-refractivity contribution in [1.29, 1.82) is 0 Å². The largest absolute Gasteiger partial charge is 0.492 e. The number of likely N-dealkylation sites (tertiary alicyclic amines) is 1. The van der Waals surface area contributed by atoms with E-state index in [1.165, 1.54) is 26.2 Å². The van der Waals surface area contributed by atoms with Crippen LogP contribution in [0.5, 0.6) is 5.75 Å². The Hall–Kier alpha value is -2.33. The molecule has 1 aromatic carbocycles. The molecule has 0 aromatic heterocycles. The number of primary amides is 1. The Morgan fingerprint density at radius 1 is 1.28 bits per heavy atom. The summed E-state index contributed by atoms with van der Waals surface area (Å²) in [5, 5.41) is 2.79. The highest BCUT2D eigenvalue weighted by Gasteiger charge is 2.25. The van der Waals surface area contributed by atoms with Crippen molar-refractivity contribution in [2.24, 2.45) is 11.7 Å². The third-order valence-electron chi connectivity index (χ3n) is 4.97. The zero-order valence-corrected chi connectivity index (χ0v) is 18.0. The van der Waals surface area contributed by atoms with Gasteiger partial charge in [-0.05, 0) is 50.3 Å². The van der Waals surface area contributed by atoms with Gasteiger partial charge in [0.15, 0.2) is 0 Å². The summed E-state index contributed by atoms with van der Waals surface area (Å²) in [5.41, 5.74) is 5.52. The molecule has 3 N–H and O–H groups in total. The summed E-state index contributed by atoms with van der Waals surface area (Å²) >= 11 is 0. The molecule has 0 radical (unpaired) electrons. The quantitative estimate of drug-likeness (QED) is 0.657. The number of nitrogens with zero attached hydrogens (tertiary/aromatic N) is 2. The molecule has 1 aromatic rings. The van der Waals surface area contributed by atoms with Gasteiger partial charge in [0.05, 0.1) is 17.2 Å². The molecule has 0 unspecified atom stereocenters. The zero-order chi connectivity index (χ0) is 21.6. The molecular formula is C19H30N4O5S. The van der Waals surface area contributed by atoms with Gasteiger partial charge < -0.3 is 20.7 Å². The fraction of sp³-hybridized carbons (Fsp3) is 0.579.